The third-order valence-electron chi connectivity index (χ3n) is 4.58. The van der Waals surface area contributed by atoms with Gasteiger partial charge in [-0.25, -0.2) is 14.0 Å². The van der Waals surface area contributed by atoms with Crippen LogP contribution in [0.15, 0.2) is 48.8 Å². The number of aromatic nitrogens is 1. The van der Waals surface area contributed by atoms with Crippen molar-refractivity contribution in [3.05, 3.63) is 65.7 Å². The van der Waals surface area contributed by atoms with Crippen LogP contribution < -0.4 is 0 Å². The number of carboxylic acid groups (broad SMARTS) is 2. The Morgan fingerprint density at radius 3 is 1.89 bits per heavy atom. The van der Waals surface area contributed by atoms with Gasteiger partial charge in [-0.1, -0.05) is 18.2 Å². The molecule has 0 radical (unpaired) electrons. The van der Waals surface area contributed by atoms with Crippen LogP contribution in [0.25, 0.3) is 0 Å². The lowest BCUT2D eigenvalue weighted by Crippen LogP contribution is -2.36. The second-order valence-corrected chi connectivity index (χ2v) is 7.19. The summed E-state index contributed by atoms with van der Waals surface area (Å²) in [5.41, 5.74) is 2.20. The third kappa shape index (κ3) is 11.1. The number of aliphatic hydroxyl groups is 1. The fourth-order valence-electron chi connectivity index (χ4n) is 2.95. The van der Waals surface area contributed by atoms with E-state index in [4.69, 9.17) is 19.8 Å². The summed E-state index contributed by atoms with van der Waals surface area (Å²) in [5, 5.41) is 24.5. The molecule has 1 aliphatic heterocycles. The molecule has 0 unspecified atom stereocenters. The average Bonchev–Trinajstić information content (AvgIpc) is 3.09. The molecule has 1 aliphatic rings. The molecule has 0 saturated carbocycles. The van der Waals surface area contributed by atoms with E-state index in [0.717, 1.165) is 37.1 Å². The number of hydrogen-bond acceptors (Lipinski definition) is 5. The van der Waals surface area contributed by atoms with Crippen molar-refractivity contribution in [2.75, 3.05) is 6.54 Å². The summed E-state index contributed by atoms with van der Waals surface area (Å²) < 4.78 is 76.4. The molecule has 2 atom stereocenters. The number of aliphatic carboxylic acids is 2. The standard InChI is InChI=1S/C17H19FN2O.2C2HF3O2/c18-15-5-3-13(4-6-15)12-20-9-7-17(21)16(20)10-14-2-1-8-19-11-14;2*3-2(4,5)1(6)7/h1-6,8,11,16-17,21H,7,9-10,12H2;2*(H,6,7)/t16-,17+;;/m0../s1. The van der Waals surface area contributed by atoms with Crippen molar-refractivity contribution in [3.8, 4) is 0 Å². The Morgan fingerprint density at radius 2 is 1.46 bits per heavy atom. The molecular formula is C21H21F7N2O5. The second-order valence-electron chi connectivity index (χ2n) is 7.19. The molecule has 0 amide bonds. The Morgan fingerprint density at radius 1 is 0.943 bits per heavy atom. The smallest absolute Gasteiger partial charge is 0.475 e. The quantitative estimate of drug-likeness (QED) is 0.534. The number of nitrogens with zero attached hydrogens (tertiary/aromatic N) is 2. The van der Waals surface area contributed by atoms with E-state index in [2.05, 4.69) is 9.88 Å². The molecule has 2 heterocycles. The number of carboxylic acids is 2. The lowest BCUT2D eigenvalue weighted by atomic mass is 10.0. The summed E-state index contributed by atoms with van der Waals surface area (Å²) in [6.07, 6.45) is -5.31. The van der Waals surface area contributed by atoms with Gasteiger partial charge in [-0.2, -0.15) is 26.3 Å². The SMILES string of the molecule is O=C(O)C(F)(F)F.O=C(O)C(F)(F)F.O[C@@H]1CCN(Cc2ccc(F)cc2)[C@H]1Cc1cccnc1. The summed E-state index contributed by atoms with van der Waals surface area (Å²) in [6, 6.07) is 10.6. The van der Waals surface area contributed by atoms with Crippen molar-refractivity contribution >= 4 is 11.9 Å². The normalized spacial score (nSPS) is 18.1. The van der Waals surface area contributed by atoms with Crippen molar-refractivity contribution in [3.63, 3.8) is 0 Å². The van der Waals surface area contributed by atoms with Gasteiger partial charge in [0.05, 0.1) is 6.10 Å². The number of alkyl halides is 6. The number of aliphatic hydroxyl groups excluding tert-OH is 1. The maximum atomic E-state index is 13.0. The first-order valence-corrected chi connectivity index (χ1v) is 9.77. The maximum absolute atomic E-state index is 13.0. The van der Waals surface area contributed by atoms with Gasteiger partial charge in [-0.15, -0.1) is 0 Å². The van der Waals surface area contributed by atoms with Crippen LogP contribution in [0.1, 0.15) is 17.5 Å². The van der Waals surface area contributed by atoms with Gasteiger partial charge in [0.1, 0.15) is 5.82 Å². The molecule has 0 bridgehead atoms. The van der Waals surface area contributed by atoms with Gasteiger partial charge in [0.25, 0.3) is 0 Å². The molecule has 1 fully saturated rings. The Bertz CT molecular complexity index is 914. The topological polar surface area (TPSA) is 111 Å². The zero-order valence-electron chi connectivity index (χ0n) is 17.8. The van der Waals surface area contributed by atoms with E-state index in [0.29, 0.717) is 0 Å². The van der Waals surface area contributed by atoms with Crippen LogP contribution in [0.4, 0.5) is 30.7 Å². The minimum Gasteiger partial charge on any atom is -0.475 e. The largest absolute Gasteiger partial charge is 0.490 e. The summed E-state index contributed by atoms with van der Waals surface area (Å²) in [6.45, 7) is 1.60. The highest BCUT2D eigenvalue weighted by Gasteiger charge is 2.39. The van der Waals surface area contributed by atoms with Gasteiger partial charge >= 0.3 is 24.3 Å². The van der Waals surface area contributed by atoms with Crippen LogP contribution in [0.3, 0.4) is 0 Å². The van der Waals surface area contributed by atoms with Gasteiger partial charge < -0.3 is 15.3 Å². The number of rotatable bonds is 4. The first kappa shape index (κ1) is 29.8. The molecule has 0 spiro atoms. The molecule has 1 aromatic carbocycles. The van der Waals surface area contributed by atoms with Gasteiger partial charge in [0.2, 0.25) is 0 Å². The third-order valence-corrected chi connectivity index (χ3v) is 4.58. The lowest BCUT2D eigenvalue weighted by molar-refractivity contribution is -0.193. The van der Waals surface area contributed by atoms with Crippen molar-refractivity contribution < 1.29 is 55.6 Å². The summed E-state index contributed by atoms with van der Waals surface area (Å²) in [4.78, 5) is 24.2. The zero-order valence-corrected chi connectivity index (χ0v) is 17.8. The maximum Gasteiger partial charge on any atom is 0.490 e. The first-order valence-electron chi connectivity index (χ1n) is 9.77. The molecule has 7 nitrogen and oxygen atoms in total. The minimum absolute atomic E-state index is 0.0965. The highest BCUT2D eigenvalue weighted by molar-refractivity contribution is 5.73. The molecule has 3 N–H and O–H groups in total. The summed E-state index contributed by atoms with van der Waals surface area (Å²) in [5.74, 6) is -5.73. The molecule has 194 valence electrons. The fraction of sp³-hybridized carbons (Fsp3) is 0.381. The van der Waals surface area contributed by atoms with Crippen LogP contribution in [-0.4, -0.2) is 68.2 Å². The van der Waals surface area contributed by atoms with E-state index < -0.39 is 24.3 Å². The van der Waals surface area contributed by atoms with Crippen molar-refractivity contribution in [2.45, 2.75) is 43.9 Å². The fourth-order valence-corrected chi connectivity index (χ4v) is 2.95. The Balaban J connectivity index is 0.000000362. The highest BCUT2D eigenvalue weighted by Crippen LogP contribution is 2.24. The Hall–Kier alpha value is -3.26. The lowest BCUT2D eigenvalue weighted by Gasteiger charge is -2.26. The average molecular weight is 514 g/mol. The van der Waals surface area contributed by atoms with Gasteiger partial charge in [-0.3, -0.25) is 9.88 Å². The molecule has 35 heavy (non-hydrogen) atoms. The number of benzene rings is 1. The van der Waals surface area contributed by atoms with E-state index in [-0.39, 0.29) is 18.0 Å². The molecular weight excluding hydrogens is 493 g/mol. The summed E-state index contributed by atoms with van der Waals surface area (Å²) in [7, 11) is 0. The van der Waals surface area contributed by atoms with Crippen LogP contribution in [0.2, 0.25) is 0 Å². The number of hydrogen-bond donors (Lipinski definition) is 3. The van der Waals surface area contributed by atoms with E-state index in [1.165, 1.54) is 12.1 Å². The number of likely N-dealkylation sites (tertiary alicyclic amines) is 1. The Labute approximate surface area is 194 Å². The zero-order chi connectivity index (χ0) is 26.8. The van der Waals surface area contributed by atoms with Crippen LogP contribution >= 0.6 is 0 Å². The second kappa shape index (κ2) is 13.0. The van der Waals surface area contributed by atoms with E-state index in [9.17, 15) is 35.8 Å². The molecule has 1 saturated heterocycles. The first-order chi connectivity index (χ1) is 16.1. The minimum atomic E-state index is -5.08. The van der Waals surface area contributed by atoms with Crippen LogP contribution in [-0.2, 0) is 22.6 Å². The number of halogens is 7. The number of pyridine rings is 1. The molecule has 1 aromatic heterocycles. The van der Waals surface area contributed by atoms with Crippen molar-refractivity contribution in [1.82, 2.24) is 9.88 Å². The predicted octanol–water partition coefficient (Wildman–Crippen LogP) is 3.67. The molecule has 3 rings (SSSR count). The van der Waals surface area contributed by atoms with Crippen molar-refractivity contribution in [1.29, 1.82) is 0 Å². The van der Waals surface area contributed by atoms with Gasteiger partial charge in [-0.05, 0) is 42.2 Å². The van der Waals surface area contributed by atoms with E-state index in [1.807, 2.05) is 18.3 Å². The van der Waals surface area contributed by atoms with Gasteiger partial charge in [0, 0.05) is 31.5 Å². The van der Waals surface area contributed by atoms with Crippen LogP contribution in [0.5, 0.6) is 0 Å². The number of carbonyl (C=O) groups is 2. The molecule has 0 aliphatic carbocycles. The van der Waals surface area contributed by atoms with Crippen molar-refractivity contribution in [2.24, 2.45) is 0 Å². The monoisotopic (exact) mass is 514 g/mol. The van der Waals surface area contributed by atoms with E-state index in [1.54, 1.807) is 18.3 Å². The van der Waals surface area contributed by atoms with Crippen LogP contribution in [0, 0.1) is 5.82 Å². The van der Waals surface area contributed by atoms with Gasteiger partial charge in [0.15, 0.2) is 0 Å². The highest BCUT2D eigenvalue weighted by atomic mass is 19.4. The summed E-state index contributed by atoms with van der Waals surface area (Å²) >= 11 is 0. The van der Waals surface area contributed by atoms with E-state index >= 15 is 0 Å². The Kier molecular flexibility index (Phi) is 11.1. The predicted molar refractivity (Wildman–Crippen MR) is 107 cm³/mol. The molecule has 2 aromatic rings. The molecule has 14 heteroatoms.